The monoisotopic (exact) mass is 306 g/mol. The average Bonchev–Trinajstić information content (AvgIpc) is 2.50. The normalized spacial score (nSPS) is 19.0. The maximum Gasteiger partial charge on any atom is 0.163 e. The van der Waals surface area contributed by atoms with Crippen molar-refractivity contribution in [2.45, 2.75) is 18.9 Å². The van der Waals surface area contributed by atoms with E-state index in [0.717, 1.165) is 49.7 Å². The molecule has 2 heterocycles. The van der Waals surface area contributed by atoms with Gasteiger partial charge in [-0.3, -0.25) is 4.90 Å². The van der Waals surface area contributed by atoms with Crippen molar-refractivity contribution < 1.29 is 9.47 Å². The molecule has 0 unspecified atom stereocenters. The number of anilines is 1. The first-order valence-electron chi connectivity index (χ1n) is 7.28. The fourth-order valence-corrected chi connectivity index (χ4v) is 2.97. The quantitative estimate of drug-likeness (QED) is 0.871. The Morgan fingerprint density at radius 1 is 1.24 bits per heavy atom. The number of halogens is 1. The van der Waals surface area contributed by atoms with Crippen molar-refractivity contribution >= 4 is 17.3 Å². The van der Waals surface area contributed by atoms with Gasteiger partial charge < -0.3 is 14.8 Å². The lowest BCUT2D eigenvalue weighted by Crippen LogP contribution is -2.39. The van der Waals surface area contributed by atoms with E-state index in [9.17, 15) is 0 Å². The minimum atomic E-state index is 0.416. The Hall–Kier alpha value is -1.57. The Bertz CT molecular complexity index is 548. The van der Waals surface area contributed by atoms with Gasteiger partial charge in [0.05, 0.1) is 17.3 Å². The van der Waals surface area contributed by atoms with E-state index in [1.165, 1.54) is 0 Å². The molecule has 0 atom stereocenters. The molecule has 0 amide bonds. The summed E-state index contributed by atoms with van der Waals surface area (Å²) in [6.45, 7) is 3.92. The maximum absolute atomic E-state index is 6.32. The molecule has 3 rings (SSSR count). The number of fused-ring (bicyclic) bond motifs is 1. The van der Waals surface area contributed by atoms with Gasteiger partial charge in [-0.05, 0) is 12.8 Å². The minimum absolute atomic E-state index is 0.416. The molecule has 2 aliphatic heterocycles. The van der Waals surface area contributed by atoms with Gasteiger partial charge in [0.1, 0.15) is 13.2 Å². The number of benzene rings is 1. The predicted octanol–water partition coefficient (Wildman–Crippen LogP) is 2.62. The molecule has 1 aromatic rings. The second-order valence-corrected chi connectivity index (χ2v) is 5.78. The van der Waals surface area contributed by atoms with Gasteiger partial charge in [0, 0.05) is 31.3 Å². The third-order valence-corrected chi connectivity index (χ3v) is 4.21. The van der Waals surface area contributed by atoms with E-state index < -0.39 is 0 Å². The molecule has 0 aromatic heterocycles. The topological polar surface area (TPSA) is 33.7 Å². The van der Waals surface area contributed by atoms with E-state index in [1.54, 1.807) is 0 Å². The Morgan fingerprint density at radius 2 is 1.90 bits per heavy atom. The first-order valence-corrected chi connectivity index (χ1v) is 7.65. The van der Waals surface area contributed by atoms with E-state index in [4.69, 9.17) is 27.5 Å². The van der Waals surface area contributed by atoms with Crippen LogP contribution in [-0.2, 0) is 0 Å². The number of likely N-dealkylation sites (tertiary alicyclic amines) is 1. The van der Waals surface area contributed by atoms with Crippen molar-refractivity contribution in [3.63, 3.8) is 0 Å². The van der Waals surface area contributed by atoms with Gasteiger partial charge in [-0.15, -0.1) is 6.42 Å². The highest BCUT2D eigenvalue weighted by Gasteiger charge is 2.21. The Kier molecular flexibility index (Phi) is 4.42. The largest absolute Gasteiger partial charge is 0.486 e. The van der Waals surface area contributed by atoms with Crippen LogP contribution < -0.4 is 14.8 Å². The van der Waals surface area contributed by atoms with Crippen molar-refractivity contribution in [1.82, 2.24) is 4.90 Å². The second kappa shape index (κ2) is 6.46. The van der Waals surface area contributed by atoms with Crippen LogP contribution in [0.4, 0.5) is 5.69 Å². The van der Waals surface area contributed by atoms with Crippen LogP contribution >= 0.6 is 11.6 Å². The Balaban J connectivity index is 1.64. The summed E-state index contributed by atoms with van der Waals surface area (Å²) in [5.41, 5.74) is 0.913. The van der Waals surface area contributed by atoms with Crippen molar-refractivity contribution in [2.24, 2.45) is 0 Å². The van der Waals surface area contributed by atoms with E-state index >= 15 is 0 Å². The number of nitrogens with zero attached hydrogens (tertiary/aromatic N) is 1. The SMILES string of the molecule is C#CCN1CCC(Nc2cc3c(cc2Cl)OCCO3)CC1. The number of terminal acetylenes is 1. The molecule has 2 aliphatic rings. The summed E-state index contributed by atoms with van der Waals surface area (Å²) in [6.07, 6.45) is 7.48. The highest BCUT2D eigenvalue weighted by molar-refractivity contribution is 6.33. The zero-order chi connectivity index (χ0) is 14.7. The van der Waals surface area contributed by atoms with Gasteiger partial charge >= 0.3 is 0 Å². The van der Waals surface area contributed by atoms with Crippen LogP contribution in [0, 0.1) is 12.3 Å². The molecular formula is C16H19ClN2O2. The molecule has 4 nitrogen and oxygen atoms in total. The lowest BCUT2D eigenvalue weighted by atomic mass is 10.0. The van der Waals surface area contributed by atoms with Gasteiger partial charge in [-0.2, -0.15) is 0 Å². The number of hydrogen-bond acceptors (Lipinski definition) is 4. The van der Waals surface area contributed by atoms with Crippen molar-refractivity contribution in [2.75, 3.05) is 38.2 Å². The molecule has 112 valence electrons. The average molecular weight is 307 g/mol. The molecule has 1 fully saturated rings. The van der Waals surface area contributed by atoms with E-state index in [2.05, 4.69) is 16.1 Å². The molecule has 0 bridgehead atoms. The molecular weight excluding hydrogens is 288 g/mol. The van der Waals surface area contributed by atoms with E-state index in [0.29, 0.717) is 24.3 Å². The van der Waals surface area contributed by atoms with Gasteiger partial charge in [0.15, 0.2) is 11.5 Å². The van der Waals surface area contributed by atoms with Crippen molar-refractivity contribution in [1.29, 1.82) is 0 Å². The molecule has 0 saturated carbocycles. The van der Waals surface area contributed by atoms with Crippen LogP contribution in [0.25, 0.3) is 0 Å². The summed E-state index contributed by atoms with van der Waals surface area (Å²) < 4.78 is 11.1. The number of piperidine rings is 1. The second-order valence-electron chi connectivity index (χ2n) is 5.37. The van der Waals surface area contributed by atoms with E-state index in [1.807, 2.05) is 12.1 Å². The minimum Gasteiger partial charge on any atom is -0.486 e. The molecule has 0 spiro atoms. The zero-order valence-corrected chi connectivity index (χ0v) is 12.7. The number of hydrogen-bond donors (Lipinski definition) is 1. The van der Waals surface area contributed by atoms with Crippen LogP contribution in [0.2, 0.25) is 5.02 Å². The molecule has 1 saturated heterocycles. The molecule has 1 N–H and O–H groups in total. The van der Waals surface area contributed by atoms with Crippen LogP contribution in [0.3, 0.4) is 0 Å². The number of nitrogens with one attached hydrogen (secondary N) is 1. The molecule has 0 aliphatic carbocycles. The Labute approximate surface area is 130 Å². The zero-order valence-electron chi connectivity index (χ0n) is 11.9. The van der Waals surface area contributed by atoms with Gasteiger partial charge in [0.2, 0.25) is 0 Å². The van der Waals surface area contributed by atoms with Crippen LogP contribution in [0.1, 0.15) is 12.8 Å². The molecule has 5 heteroatoms. The third kappa shape index (κ3) is 3.37. The number of ether oxygens (including phenoxy) is 2. The van der Waals surface area contributed by atoms with Gasteiger partial charge in [0.25, 0.3) is 0 Å². The summed E-state index contributed by atoms with van der Waals surface area (Å²) in [7, 11) is 0. The van der Waals surface area contributed by atoms with Crippen molar-refractivity contribution in [3.8, 4) is 23.8 Å². The highest BCUT2D eigenvalue weighted by atomic mass is 35.5. The maximum atomic E-state index is 6.32. The van der Waals surface area contributed by atoms with Crippen LogP contribution in [0.15, 0.2) is 12.1 Å². The summed E-state index contributed by atoms with van der Waals surface area (Å²) in [4.78, 5) is 2.30. The fourth-order valence-electron chi connectivity index (χ4n) is 2.76. The predicted molar refractivity (Wildman–Crippen MR) is 84.4 cm³/mol. The standard InChI is InChI=1S/C16H19ClN2O2/c1-2-5-19-6-3-12(4-7-19)18-14-11-16-15(10-13(14)17)20-8-9-21-16/h1,10-12,18H,3-9H2. The summed E-state index contributed by atoms with van der Waals surface area (Å²) in [5.74, 6) is 4.18. The van der Waals surface area contributed by atoms with E-state index in [-0.39, 0.29) is 0 Å². The first kappa shape index (κ1) is 14.4. The lowest BCUT2D eigenvalue weighted by Gasteiger charge is -2.32. The van der Waals surface area contributed by atoms with Crippen molar-refractivity contribution in [3.05, 3.63) is 17.2 Å². The highest BCUT2D eigenvalue weighted by Crippen LogP contribution is 2.38. The number of rotatable bonds is 3. The Morgan fingerprint density at radius 3 is 2.57 bits per heavy atom. The van der Waals surface area contributed by atoms with Gasteiger partial charge in [-0.1, -0.05) is 17.5 Å². The van der Waals surface area contributed by atoms with Gasteiger partial charge in [-0.25, -0.2) is 0 Å². The van der Waals surface area contributed by atoms with Crippen LogP contribution in [0.5, 0.6) is 11.5 Å². The molecule has 1 aromatic carbocycles. The summed E-state index contributed by atoms with van der Waals surface area (Å²) in [5, 5.41) is 4.19. The third-order valence-electron chi connectivity index (χ3n) is 3.89. The summed E-state index contributed by atoms with van der Waals surface area (Å²) >= 11 is 6.32. The molecule has 21 heavy (non-hydrogen) atoms. The smallest absolute Gasteiger partial charge is 0.163 e. The summed E-state index contributed by atoms with van der Waals surface area (Å²) in [6, 6.07) is 4.18. The molecule has 0 radical (unpaired) electrons. The lowest BCUT2D eigenvalue weighted by molar-refractivity contribution is 0.171. The fraction of sp³-hybridized carbons (Fsp3) is 0.500. The van der Waals surface area contributed by atoms with Crippen LogP contribution in [-0.4, -0.2) is 43.8 Å². The first-order chi connectivity index (χ1) is 10.3.